The van der Waals surface area contributed by atoms with E-state index < -0.39 is 11.7 Å². The smallest absolute Gasteiger partial charge is 0.165 e. The van der Waals surface area contributed by atoms with E-state index >= 15 is 0 Å². The summed E-state index contributed by atoms with van der Waals surface area (Å²) in [6.45, 7) is 7.05. The molecule has 1 saturated carbocycles. The van der Waals surface area contributed by atoms with Crippen LogP contribution in [0.2, 0.25) is 0 Å². The van der Waals surface area contributed by atoms with Gasteiger partial charge in [0.25, 0.3) is 0 Å². The molecule has 1 fully saturated rings. The number of fused-ring (bicyclic) bond motifs is 2. The third kappa shape index (κ3) is 3.56. The molecule has 1 N–H and O–H groups in total. The Morgan fingerprint density at radius 3 is 2.52 bits per heavy atom. The van der Waals surface area contributed by atoms with E-state index in [1.807, 2.05) is 6.07 Å². The van der Waals surface area contributed by atoms with Crippen LogP contribution in [0.1, 0.15) is 38.3 Å². The van der Waals surface area contributed by atoms with Crippen molar-refractivity contribution in [2.24, 2.45) is 11.3 Å². The quantitative estimate of drug-likeness (QED) is 0.766. The lowest BCUT2D eigenvalue weighted by Crippen LogP contribution is -2.64. The van der Waals surface area contributed by atoms with Gasteiger partial charge in [-0.2, -0.15) is 0 Å². The van der Waals surface area contributed by atoms with Gasteiger partial charge in [-0.3, -0.25) is 0 Å². The molecule has 152 valence electrons. The minimum atomic E-state index is -0.628. The summed E-state index contributed by atoms with van der Waals surface area (Å²) in [6, 6.07) is 4.09. The first-order chi connectivity index (χ1) is 12.8. The highest BCUT2D eigenvalue weighted by molar-refractivity contribution is 5.51. The molecule has 0 unspecified atom stereocenters. The fourth-order valence-corrected chi connectivity index (χ4v) is 5.05. The maximum absolute atomic E-state index is 10.8. The molecule has 6 heteroatoms. The van der Waals surface area contributed by atoms with Crippen molar-refractivity contribution in [2.45, 2.75) is 58.0 Å². The normalized spacial score (nSPS) is 31.6. The molecule has 0 radical (unpaired) electrons. The molecule has 0 amide bonds. The maximum atomic E-state index is 10.8. The van der Waals surface area contributed by atoms with Gasteiger partial charge in [0.15, 0.2) is 11.5 Å². The summed E-state index contributed by atoms with van der Waals surface area (Å²) in [5.41, 5.74) is 1.37. The van der Waals surface area contributed by atoms with E-state index in [4.69, 9.17) is 23.7 Å². The Bertz CT molecular complexity index is 673. The summed E-state index contributed by atoms with van der Waals surface area (Å²) in [7, 11) is 4.93. The second-order valence-electron chi connectivity index (χ2n) is 8.48. The summed E-state index contributed by atoms with van der Waals surface area (Å²) < 4.78 is 28.4. The van der Waals surface area contributed by atoms with Gasteiger partial charge in [-0.05, 0) is 36.6 Å². The van der Waals surface area contributed by atoms with Crippen molar-refractivity contribution in [1.29, 1.82) is 0 Å². The van der Waals surface area contributed by atoms with Crippen LogP contribution in [0.4, 0.5) is 0 Å². The average Bonchev–Trinajstić information content (AvgIpc) is 2.60. The number of hydrogen-bond donors (Lipinski definition) is 1. The third-order valence-corrected chi connectivity index (χ3v) is 6.18. The summed E-state index contributed by atoms with van der Waals surface area (Å²) in [5.74, 6) is 1.66. The topological polar surface area (TPSA) is 66.4 Å². The molecule has 4 atom stereocenters. The summed E-state index contributed by atoms with van der Waals surface area (Å²) in [5, 5.41) is 10.8. The third-order valence-electron chi connectivity index (χ3n) is 6.18. The lowest BCUT2D eigenvalue weighted by molar-refractivity contribution is -0.226. The Labute approximate surface area is 161 Å². The highest BCUT2D eigenvalue weighted by atomic mass is 16.7. The Morgan fingerprint density at radius 2 is 1.89 bits per heavy atom. The van der Waals surface area contributed by atoms with E-state index in [0.717, 1.165) is 23.3 Å². The number of rotatable bonds is 6. The maximum Gasteiger partial charge on any atom is 0.165 e. The van der Waals surface area contributed by atoms with E-state index in [0.29, 0.717) is 18.8 Å². The van der Waals surface area contributed by atoms with Crippen molar-refractivity contribution in [2.75, 3.05) is 28.1 Å². The SMILES string of the molecule is COCO[C@@H]1[C@H](O)C[C@@]2(C)Oc3c(cc(COC)cc3OC)C[C@@H]2C1(C)C. The number of aliphatic hydroxyl groups is 1. The molecular formula is C21H32O6. The number of benzene rings is 1. The van der Waals surface area contributed by atoms with E-state index in [1.54, 1.807) is 21.3 Å². The van der Waals surface area contributed by atoms with Crippen LogP contribution in [0.25, 0.3) is 0 Å². The van der Waals surface area contributed by atoms with Gasteiger partial charge in [-0.25, -0.2) is 0 Å². The van der Waals surface area contributed by atoms with Crippen LogP contribution in [-0.2, 0) is 27.2 Å². The van der Waals surface area contributed by atoms with E-state index in [2.05, 4.69) is 26.8 Å². The first-order valence-electron chi connectivity index (χ1n) is 9.43. The minimum absolute atomic E-state index is 0.165. The Kier molecular flexibility index (Phi) is 5.73. The number of aliphatic hydroxyl groups excluding tert-OH is 1. The molecular weight excluding hydrogens is 348 g/mol. The predicted molar refractivity (Wildman–Crippen MR) is 101 cm³/mol. The lowest BCUT2D eigenvalue weighted by atomic mass is 9.56. The first-order valence-corrected chi connectivity index (χ1v) is 9.43. The van der Waals surface area contributed by atoms with Crippen LogP contribution >= 0.6 is 0 Å². The summed E-state index contributed by atoms with van der Waals surface area (Å²) in [4.78, 5) is 0. The highest BCUT2D eigenvalue weighted by Gasteiger charge is 2.59. The van der Waals surface area contributed by atoms with Crippen molar-refractivity contribution in [3.8, 4) is 11.5 Å². The average molecular weight is 380 g/mol. The fourth-order valence-electron chi connectivity index (χ4n) is 5.05. The number of ether oxygens (including phenoxy) is 5. The van der Waals surface area contributed by atoms with Gasteiger partial charge >= 0.3 is 0 Å². The molecule has 1 aliphatic carbocycles. The van der Waals surface area contributed by atoms with Crippen molar-refractivity contribution in [3.63, 3.8) is 0 Å². The second-order valence-corrected chi connectivity index (χ2v) is 8.48. The van der Waals surface area contributed by atoms with Gasteiger partial charge in [0.1, 0.15) is 12.4 Å². The fraction of sp³-hybridized carbons (Fsp3) is 0.714. The minimum Gasteiger partial charge on any atom is -0.493 e. The second kappa shape index (κ2) is 7.59. The van der Waals surface area contributed by atoms with Gasteiger partial charge in [0.2, 0.25) is 0 Å². The molecule has 0 saturated heterocycles. The van der Waals surface area contributed by atoms with Crippen molar-refractivity contribution in [3.05, 3.63) is 23.3 Å². The highest BCUT2D eigenvalue weighted by Crippen LogP contribution is 2.55. The van der Waals surface area contributed by atoms with Crippen LogP contribution in [0.3, 0.4) is 0 Å². The largest absolute Gasteiger partial charge is 0.493 e. The van der Waals surface area contributed by atoms with E-state index in [-0.39, 0.29) is 24.2 Å². The summed E-state index contributed by atoms with van der Waals surface area (Å²) in [6.07, 6.45) is 0.381. The van der Waals surface area contributed by atoms with Gasteiger partial charge in [-0.1, -0.05) is 13.8 Å². The summed E-state index contributed by atoms with van der Waals surface area (Å²) >= 11 is 0. The number of hydrogen-bond acceptors (Lipinski definition) is 6. The molecule has 27 heavy (non-hydrogen) atoms. The first kappa shape index (κ1) is 20.4. The Hall–Kier alpha value is -1.34. The van der Waals surface area contributed by atoms with E-state index in [1.165, 1.54) is 0 Å². The zero-order chi connectivity index (χ0) is 19.8. The molecule has 1 aliphatic heterocycles. The molecule has 1 aromatic carbocycles. The van der Waals surface area contributed by atoms with Gasteiger partial charge < -0.3 is 28.8 Å². The van der Waals surface area contributed by atoms with Gasteiger partial charge in [0.05, 0.1) is 25.9 Å². The van der Waals surface area contributed by atoms with Crippen molar-refractivity contribution < 1.29 is 28.8 Å². The zero-order valence-corrected chi connectivity index (χ0v) is 17.2. The van der Waals surface area contributed by atoms with Crippen molar-refractivity contribution >= 4 is 0 Å². The Balaban J connectivity index is 2.00. The van der Waals surface area contributed by atoms with Gasteiger partial charge in [-0.15, -0.1) is 0 Å². The molecule has 0 spiro atoms. The van der Waals surface area contributed by atoms with Gasteiger partial charge in [0, 0.05) is 32.0 Å². The van der Waals surface area contributed by atoms with Crippen molar-refractivity contribution in [1.82, 2.24) is 0 Å². The molecule has 1 aromatic rings. The molecule has 6 nitrogen and oxygen atoms in total. The van der Waals surface area contributed by atoms with Crippen LogP contribution in [0, 0.1) is 11.3 Å². The van der Waals surface area contributed by atoms with Crippen LogP contribution in [0.5, 0.6) is 11.5 Å². The molecule has 0 bridgehead atoms. The standard InChI is InChI=1S/C21H32O6/c1-20(2)17-9-14-7-13(11-23-4)8-16(25-6)18(14)27-21(17,3)10-15(22)19(20)26-12-24-5/h7-8,15,17,19,22H,9-12H2,1-6H3/t15-,17-,19-,21-/m1/s1. The molecule has 2 aliphatic rings. The molecule has 3 rings (SSSR count). The van der Waals surface area contributed by atoms with Crippen LogP contribution in [0.15, 0.2) is 12.1 Å². The Morgan fingerprint density at radius 1 is 1.15 bits per heavy atom. The lowest BCUT2D eigenvalue weighted by Gasteiger charge is -2.57. The zero-order valence-electron chi connectivity index (χ0n) is 17.2. The predicted octanol–water partition coefficient (Wildman–Crippen LogP) is 2.93. The van der Waals surface area contributed by atoms with Crippen LogP contribution < -0.4 is 9.47 Å². The van der Waals surface area contributed by atoms with E-state index in [9.17, 15) is 5.11 Å². The van der Waals surface area contributed by atoms with Crippen LogP contribution in [-0.4, -0.2) is 51.0 Å². The molecule has 0 aromatic heterocycles. The molecule has 1 heterocycles. The number of methoxy groups -OCH3 is 3. The monoisotopic (exact) mass is 380 g/mol.